The Morgan fingerprint density at radius 2 is 2.46 bits per heavy atom. The Balaban J connectivity index is 2.58. The molecule has 1 heterocycles. The minimum Gasteiger partial charge on any atom is -0.440 e. The maximum absolute atomic E-state index is 11.3. The van der Waals surface area contributed by atoms with E-state index in [0.29, 0.717) is 6.54 Å². The van der Waals surface area contributed by atoms with Gasteiger partial charge in [-0.3, -0.25) is 4.79 Å². The summed E-state index contributed by atoms with van der Waals surface area (Å²) in [6.07, 6.45) is 0. The van der Waals surface area contributed by atoms with Gasteiger partial charge in [0.1, 0.15) is 0 Å². The van der Waals surface area contributed by atoms with Crippen molar-refractivity contribution in [1.82, 2.24) is 5.32 Å². The van der Waals surface area contributed by atoms with E-state index in [-0.39, 0.29) is 22.9 Å². The molecule has 0 radical (unpaired) electrons. The highest BCUT2D eigenvalue weighted by Crippen LogP contribution is 2.12. The van der Waals surface area contributed by atoms with Crippen molar-refractivity contribution in [1.29, 1.82) is 0 Å². The number of halogens is 1. The van der Waals surface area contributed by atoms with Crippen LogP contribution in [0.25, 0.3) is 0 Å². The zero-order valence-electron chi connectivity index (χ0n) is 7.21. The number of carbonyl (C=O) groups is 1. The highest BCUT2D eigenvalue weighted by Gasteiger charge is 2.11. The minimum atomic E-state index is -0.301. The first-order valence-corrected chi connectivity index (χ1v) is 4.27. The summed E-state index contributed by atoms with van der Waals surface area (Å²) in [5.74, 6) is -0.102. The van der Waals surface area contributed by atoms with E-state index in [1.807, 2.05) is 6.92 Å². The van der Waals surface area contributed by atoms with E-state index in [1.54, 1.807) is 0 Å². The summed E-state index contributed by atoms with van der Waals surface area (Å²) in [6, 6.07) is 2.96. The van der Waals surface area contributed by atoms with Crippen LogP contribution in [0.1, 0.15) is 17.5 Å². The Morgan fingerprint density at radius 3 is 2.92 bits per heavy atom. The molecule has 1 aromatic rings. The Hall–Kier alpha value is -1.00. The summed E-state index contributed by atoms with van der Waals surface area (Å²) in [5.41, 5.74) is 5.33. The largest absolute Gasteiger partial charge is 0.440 e. The summed E-state index contributed by atoms with van der Waals surface area (Å²) >= 11 is 5.50. The van der Waals surface area contributed by atoms with E-state index in [0.717, 1.165) is 0 Å². The van der Waals surface area contributed by atoms with Gasteiger partial charge in [-0.25, -0.2) is 0 Å². The van der Waals surface area contributed by atoms with Crippen LogP contribution in [0.15, 0.2) is 16.5 Å². The number of furan rings is 1. The van der Waals surface area contributed by atoms with Gasteiger partial charge in [-0.2, -0.15) is 0 Å². The number of nitrogens with one attached hydrogen (secondary N) is 1. The molecule has 3 N–H and O–H groups in total. The van der Waals surface area contributed by atoms with Crippen molar-refractivity contribution < 1.29 is 9.21 Å². The molecule has 0 fully saturated rings. The van der Waals surface area contributed by atoms with E-state index in [1.165, 1.54) is 12.1 Å². The van der Waals surface area contributed by atoms with Crippen LogP contribution in [0.5, 0.6) is 0 Å². The van der Waals surface area contributed by atoms with Crippen LogP contribution in [0.2, 0.25) is 5.22 Å². The molecule has 0 saturated heterocycles. The van der Waals surface area contributed by atoms with Crippen molar-refractivity contribution in [2.45, 2.75) is 13.0 Å². The minimum absolute atomic E-state index is 0.0728. The zero-order valence-corrected chi connectivity index (χ0v) is 7.97. The van der Waals surface area contributed by atoms with Crippen LogP contribution >= 0.6 is 11.6 Å². The third-order valence-electron chi connectivity index (χ3n) is 1.53. The van der Waals surface area contributed by atoms with Gasteiger partial charge in [0.15, 0.2) is 11.0 Å². The number of amides is 1. The molecule has 0 spiro atoms. The Morgan fingerprint density at radius 1 is 1.77 bits per heavy atom. The number of hydrogen-bond acceptors (Lipinski definition) is 3. The van der Waals surface area contributed by atoms with Crippen LogP contribution in [-0.2, 0) is 0 Å². The van der Waals surface area contributed by atoms with Crippen molar-refractivity contribution in [2.24, 2.45) is 5.73 Å². The lowest BCUT2D eigenvalue weighted by molar-refractivity contribution is 0.0913. The van der Waals surface area contributed by atoms with Crippen molar-refractivity contribution in [3.8, 4) is 0 Å². The molecule has 4 nitrogen and oxygen atoms in total. The van der Waals surface area contributed by atoms with Gasteiger partial charge in [0.25, 0.3) is 5.91 Å². The lowest BCUT2D eigenvalue weighted by Crippen LogP contribution is -2.37. The van der Waals surface area contributed by atoms with Gasteiger partial charge >= 0.3 is 0 Å². The van der Waals surface area contributed by atoms with Crippen molar-refractivity contribution in [3.63, 3.8) is 0 Å². The number of rotatable bonds is 3. The quantitative estimate of drug-likeness (QED) is 0.769. The fourth-order valence-electron chi connectivity index (χ4n) is 0.790. The summed E-state index contributed by atoms with van der Waals surface area (Å²) in [7, 11) is 0. The zero-order chi connectivity index (χ0) is 9.84. The van der Waals surface area contributed by atoms with E-state index >= 15 is 0 Å². The number of nitrogens with two attached hydrogens (primary N) is 1. The molecule has 0 aliphatic carbocycles. The maximum Gasteiger partial charge on any atom is 0.287 e. The lowest BCUT2D eigenvalue weighted by atomic mass is 10.3. The molecular formula is C8H11ClN2O2. The van der Waals surface area contributed by atoms with E-state index in [9.17, 15) is 4.79 Å². The first kappa shape index (κ1) is 10.1. The van der Waals surface area contributed by atoms with Crippen LogP contribution < -0.4 is 11.1 Å². The number of carbonyl (C=O) groups excluding carboxylic acids is 1. The fourth-order valence-corrected chi connectivity index (χ4v) is 0.936. The monoisotopic (exact) mass is 202 g/mol. The van der Waals surface area contributed by atoms with Gasteiger partial charge in [-0.15, -0.1) is 0 Å². The Labute approximate surface area is 81.0 Å². The van der Waals surface area contributed by atoms with Crippen LogP contribution in [0.4, 0.5) is 0 Å². The predicted molar refractivity (Wildman–Crippen MR) is 49.7 cm³/mol. The highest BCUT2D eigenvalue weighted by atomic mass is 35.5. The molecule has 1 rings (SSSR count). The maximum atomic E-state index is 11.3. The molecule has 1 amide bonds. The van der Waals surface area contributed by atoms with Crippen LogP contribution in [-0.4, -0.2) is 18.5 Å². The molecule has 0 aromatic carbocycles. The highest BCUT2D eigenvalue weighted by molar-refractivity contribution is 6.29. The SMILES string of the molecule is C[C@H](CN)NC(=O)c1ccc(Cl)o1. The van der Waals surface area contributed by atoms with Gasteiger partial charge in [-0.1, -0.05) is 0 Å². The average Bonchev–Trinajstić information content (AvgIpc) is 2.51. The summed E-state index contributed by atoms with van der Waals surface area (Å²) in [4.78, 5) is 11.3. The predicted octanol–water partition coefficient (Wildman–Crippen LogP) is 1.01. The van der Waals surface area contributed by atoms with Crippen LogP contribution in [0.3, 0.4) is 0 Å². The van der Waals surface area contributed by atoms with Gasteiger partial charge in [-0.05, 0) is 30.7 Å². The molecule has 72 valence electrons. The molecule has 13 heavy (non-hydrogen) atoms. The van der Waals surface area contributed by atoms with E-state index in [4.69, 9.17) is 21.8 Å². The molecule has 0 aliphatic heterocycles. The standard InChI is InChI=1S/C8H11ClN2O2/c1-5(4-10)11-8(12)6-2-3-7(9)13-6/h2-3,5H,4,10H2,1H3,(H,11,12)/t5-/m1/s1. The van der Waals surface area contributed by atoms with Gasteiger partial charge in [0.2, 0.25) is 0 Å². The van der Waals surface area contributed by atoms with Gasteiger partial charge < -0.3 is 15.5 Å². The molecule has 0 unspecified atom stereocenters. The molecule has 0 aliphatic rings. The summed E-state index contributed by atoms with van der Waals surface area (Å²) < 4.78 is 4.90. The first-order chi connectivity index (χ1) is 6.13. The second kappa shape index (κ2) is 4.30. The fraction of sp³-hybridized carbons (Fsp3) is 0.375. The lowest BCUT2D eigenvalue weighted by Gasteiger charge is -2.08. The topological polar surface area (TPSA) is 68.3 Å². The van der Waals surface area contributed by atoms with Crippen molar-refractivity contribution in [2.75, 3.05) is 6.54 Å². The van der Waals surface area contributed by atoms with E-state index in [2.05, 4.69) is 5.32 Å². The third kappa shape index (κ3) is 2.75. The molecule has 0 saturated carbocycles. The molecular weight excluding hydrogens is 192 g/mol. The molecule has 1 atom stereocenters. The van der Waals surface area contributed by atoms with Gasteiger partial charge in [0.05, 0.1) is 0 Å². The second-order valence-electron chi connectivity index (χ2n) is 2.71. The summed E-state index contributed by atoms with van der Waals surface area (Å²) in [5, 5.41) is 2.84. The van der Waals surface area contributed by atoms with Crippen molar-refractivity contribution >= 4 is 17.5 Å². The third-order valence-corrected chi connectivity index (χ3v) is 1.73. The number of hydrogen-bond donors (Lipinski definition) is 2. The molecule has 5 heteroatoms. The van der Waals surface area contributed by atoms with Gasteiger partial charge in [0, 0.05) is 12.6 Å². The molecule has 0 bridgehead atoms. The van der Waals surface area contributed by atoms with Crippen LogP contribution in [0, 0.1) is 0 Å². The smallest absolute Gasteiger partial charge is 0.287 e. The average molecular weight is 203 g/mol. The Bertz CT molecular complexity index is 298. The molecule has 1 aromatic heterocycles. The normalized spacial score (nSPS) is 12.5. The van der Waals surface area contributed by atoms with Crippen molar-refractivity contribution in [3.05, 3.63) is 23.1 Å². The van der Waals surface area contributed by atoms with E-state index < -0.39 is 0 Å². The summed E-state index contributed by atoms with van der Waals surface area (Å²) in [6.45, 7) is 2.20. The second-order valence-corrected chi connectivity index (χ2v) is 3.09. The first-order valence-electron chi connectivity index (χ1n) is 3.89. The Kier molecular flexibility index (Phi) is 3.33.